The molecule has 22 heavy (non-hydrogen) atoms. The maximum Gasteiger partial charge on any atom is 0.138 e. The first-order chi connectivity index (χ1) is 10.9. The number of benzene rings is 1. The van der Waals surface area contributed by atoms with E-state index in [9.17, 15) is 0 Å². The highest BCUT2D eigenvalue weighted by molar-refractivity contribution is 7.99. The van der Waals surface area contributed by atoms with E-state index in [1.807, 2.05) is 12.3 Å². The summed E-state index contributed by atoms with van der Waals surface area (Å²) >= 11 is 1.78. The van der Waals surface area contributed by atoms with Gasteiger partial charge in [-0.1, -0.05) is 23.9 Å². The zero-order valence-electron chi connectivity index (χ0n) is 12.4. The summed E-state index contributed by atoms with van der Waals surface area (Å²) in [5, 5.41) is 0. The molecule has 2 aliphatic heterocycles. The van der Waals surface area contributed by atoms with Crippen molar-refractivity contribution >= 4 is 17.6 Å². The molecular formula is C17H19N3OS. The minimum Gasteiger partial charge on any atom is -0.481 e. The van der Waals surface area contributed by atoms with E-state index in [-0.39, 0.29) is 0 Å². The van der Waals surface area contributed by atoms with Gasteiger partial charge in [0.25, 0.3) is 0 Å². The van der Waals surface area contributed by atoms with Gasteiger partial charge in [0.1, 0.15) is 17.5 Å². The summed E-state index contributed by atoms with van der Waals surface area (Å²) in [7, 11) is 0. The van der Waals surface area contributed by atoms with Gasteiger partial charge in [0.05, 0.1) is 4.90 Å². The Bertz CT molecular complexity index is 642. The van der Waals surface area contributed by atoms with Crippen LogP contribution < -0.4 is 9.64 Å². The van der Waals surface area contributed by atoms with Crippen molar-refractivity contribution in [2.45, 2.75) is 11.4 Å². The number of fused-ring (bicyclic) bond motifs is 1. The Balaban J connectivity index is 1.36. The predicted molar refractivity (Wildman–Crippen MR) is 89.5 cm³/mol. The molecule has 1 aromatic carbocycles. The van der Waals surface area contributed by atoms with Gasteiger partial charge < -0.3 is 9.64 Å². The lowest BCUT2D eigenvalue weighted by Gasteiger charge is -2.35. The first kappa shape index (κ1) is 13.9. The lowest BCUT2D eigenvalue weighted by atomic mass is 10.2. The molecule has 0 amide bonds. The highest BCUT2D eigenvalue weighted by atomic mass is 32.2. The summed E-state index contributed by atoms with van der Waals surface area (Å²) < 4.78 is 5.54. The standard InChI is InChI=1S/C17H19N3OS/c1-2-6-18-17(3-1)20-9-7-19(8-10-20)12-14-4-5-15-16(11-14)22-13-21-15/h1-6,11H,7-10,12-13H2. The summed E-state index contributed by atoms with van der Waals surface area (Å²) in [6.45, 7) is 5.26. The third kappa shape index (κ3) is 2.91. The third-order valence-corrected chi connectivity index (χ3v) is 5.05. The van der Waals surface area contributed by atoms with E-state index in [0.29, 0.717) is 0 Å². The van der Waals surface area contributed by atoms with Crippen LogP contribution in [0.4, 0.5) is 5.82 Å². The van der Waals surface area contributed by atoms with E-state index in [1.165, 1.54) is 10.5 Å². The van der Waals surface area contributed by atoms with Crippen LogP contribution in [0.2, 0.25) is 0 Å². The quantitative estimate of drug-likeness (QED) is 0.869. The van der Waals surface area contributed by atoms with Crippen LogP contribution in [0.15, 0.2) is 47.5 Å². The summed E-state index contributed by atoms with van der Waals surface area (Å²) in [6.07, 6.45) is 1.87. The van der Waals surface area contributed by atoms with E-state index in [1.54, 1.807) is 11.8 Å². The van der Waals surface area contributed by atoms with Crippen molar-refractivity contribution in [3.05, 3.63) is 48.2 Å². The highest BCUT2D eigenvalue weighted by Gasteiger charge is 2.19. The van der Waals surface area contributed by atoms with Crippen LogP contribution in [0.25, 0.3) is 0 Å². The first-order valence-corrected chi connectivity index (χ1v) is 8.64. The van der Waals surface area contributed by atoms with Crippen molar-refractivity contribution in [2.24, 2.45) is 0 Å². The molecule has 1 saturated heterocycles. The molecule has 0 bridgehead atoms. The molecule has 114 valence electrons. The van der Waals surface area contributed by atoms with Gasteiger partial charge in [0.2, 0.25) is 0 Å². The second-order valence-electron chi connectivity index (χ2n) is 5.64. The molecule has 0 spiro atoms. The summed E-state index contributed by atoms with van der Waals surface area (Å²) in [4.78, 5) is 10.6. The van der Waals surface area contributed by atoms with Gasteiger partial charge in [0.15, 0.2) is 0 Å². The topological polar surface area (TPSA) is 28.6 Å². The van der Waals surface area contributed by atoms with E-state index in [4.69, 9.17) is 4.74 Å². The van der Waals surface area contributed by atoms with Gasteiger partial charge in [-0.3, -0.25) is 4.90 Å². The number of piperazine rings is 1. The minimum atomic E-state index is 0.752. The van der Waals surface area contributed by atoms with Crippen LogP contribution in [0, 0.1) is 0 Å². The molecule has 1 aromatic heterocycles. The second-order valence-corrected chi connectivity index (χ2v) is 6.60. The van der Waals surface area contributed by atoms with Crippen LogP contribution in [-0.2, 0) is 6.54 Å². The largest absolute Gasteiger partial charge is 0.481 e. The second kappa shape index (κ2) is 6.18. The molecule has 0 N–H and O–H groups in total. The first-order valence-electron chi connectivity index (χ1n) is 7.65. The minimum absolute atomic E-state index is 0.752. The number of anilines is 1. The van der Waals surface area contributed by atoms with Gasteiger partial charge in [-0.25, -0.2) is 4.98 Å². The van der Waals surface area contributed by atoms with Gasteiger partial charge in [-0.15, -0.1) is 0 Å². The highest BCUT2D eigenvalue weighted by Crippen LogP contribution is 2.36. The zero-order chi connectivity index (χ0) is 14.8. The molecule has 2 aromatic rings. The lowest BCUT2D eigenvalue weighted by Crippen LogP contribution is -2.46. The number of hydrogen-bond donors (Lipinski definition) is 0. The fraction of sp³-hybridized carbons (Fsp3) is 0.353. The van der Waals surface area contributed by atoms with Crippen LogP contribution >= 0.6 is 11.8 Å². The Morgan fingerprint density at radius 3 is 2.82 bits per heavy atom. The van der Waals surface area contributed by atoms with E-state index < -0.39 is 0 Å². The Morgan fingerprint density at radius 1 is 1.09 bits per heavy atom. The number of aromatic nitrogens is 1. The molecular weight excluding hydrogens is 294 g/mol. The van der Waals surface area contributed by atoms with Crippen LogP contribution in [0.1, 0.15) is 5.56 Å². The molecule has 4 rings (SSSR count). The molecule has 2 aliphatic rings. The molecule has 0 radical (unpaired) electrons. The van der Waals surface area contributed by atoms with Gasteiger partial charge in [-0.05, 0) is 29.8 Å². The third-order valence-electron chi connectivity index (χ3n) is 4.19. The summed E-state index contributed by atoms with van der Waals surface area (Å²) in [5.74, 6) is 2.88. The average molecular weight is 313 g/mol. The maximum atomic E-state index is 5.54. The van der Waals surface area contributed by atoms with Crippen LogP contribution in [0.5, 0.6) is 5.75 Å². The number of ether oxygens (including phenoxy) is 1. The van der Waals surface area contributed by atoms with Crippen molar-refractivity contribution in [1.29, 1.82) is 0 Å². The monoisotopic (exact) mass is 313 g/mol. The fourth-order valence-corrected chi connectivity index (χ4v) is 3.79. The summed E-state index contributed by atoms with van der Waals surface area (Å²) in [5.41, 5.74) is 1.38. The lowest BCUT2D eigenvalue weighted by molar-refractivity contribution is 0.249. The van der Waals surface area contributed by atoms with Crippen LogP contribution in [0.3, 0.4) is 0 Å². The molecule has 3 heterocycles. The number of thioether (sulfide) groups is 1. The Kier molecular flexibility index (Phi) is 3.91. The molecule has 0 aliphatic carbocycles. The molecule has 0 saturated carbocycles. The molecule has 4 nitrogen and oxygen atoms in total. The van der Waals surface area contributed by atoms with Crippen molar-refractivity contribution in [2.75, 3.05) is 37.0 Å². The van der Waals surface area contributed by atoms with Gasteiger partial charge >= 0.3 is 0 Å². The maximum absolute atomic E-state index is 5.54. The van der Waals surface area contributed by atoms with Crippen molar-refractivity contribution in [1.82, 2.24) is 9.88 Å². The van der Waals surface area contributed by atoms with Gasteiger partial charge in [-0.2, -0.15) is 0 Å². The Morgan fingerprint density at radius 2 is 2.00 bits per heavy atom. The molecule has 0 atom stereocenters. The zero-order valence-corrected chi connectivity index (χ0v) is 13.3. The van der Waals surface area contributed by atoms with E-state index in [0.717, 1.165) is 50.2 Å². The van der Waals surface area contributed by atoms with Crippen molar-refractivity contribution < 1.29 is 4.74 Å². The van der Waals surface area contributed by atoms with Crippen LogP contribution in [-0.4, -0.2) is 42.0 Å². The van der Waals surface area contributed by atoms with Gasteiger partial charge in [0, 0.05) is 38.9 Å². The smallest absolute Gasteiger partial charge is 0.138 e. The predicted octanol–water partition coefficient (Wildman–Crippen LogP) is 2.85. The number of pyridine rings is 1. The van der Waals surface area contributed by atoms with E-state index in [2.05, 4.69) is 45.1 Å². The number of hydrogen-bond acceptors (Lipinski definition) is 5. The Labute approximate surface area is 135 Å². The molecule has 5 heteroatoms. The average Bonchev–Trinajstić information content (AvgIpc) is 3.04. The van der Waals surface area contributed by atoms with E-state index >= 15 is 0 Å². The normalized spacial score (nSPS) is 18.1. The van der Waals surface area contributed by atoms with Crippen molar-refractivity contribution in [3.8, 4) is 5.75 Å². The molecule has 1 fully saturated rings. The SMILES string of the molecule is c1ccc(N2CCN(Cc3ccc4c(c3)SCO4)CC2)nc1. The molecule has 0 unspecified atom stereocenters. The van der Waals surface area contributed by atoms with Crippen molar-refractivity contribution in [3.63, 3.8) is 0 Å². The number of rotatable bonds is 3. The summed E-state index contributed by atoms with van der Waals surface area (Å²) in [6, 6.07) is 12.7. The Hall–Kier alpha value is -1.72. The fourth-order valence-electron chi connectivity index (χ4n) is 2.97. The number of nitrogens with zero attached hydrogens (tertiary/aromatic N) is 3.